The third-order valence-corrected chi connectivity index (χ3v) is 7.85. The van der Waals surface area contributed by atoms with Crippen molar-refractivity contribution in [3.63, 3.8) is 0 Å². The van der Waals surface area contributed by atoms with Crippen LogP contribution in [-0.2, 0) is 6.54 Å². The summed E-state index contributed by atoms with van der Waals surface area (Å²) in [7, 11) is 0. The van der Waals surface area contributed by atoms with Gasteiger partial charge in [-0.3, -0.25) is 14.2 Å². The van der Waals surface area contributed by atoms with Crippen LogP contribution in [0.4, 0.5) is 5.69 Å². The van der Waals surface area contributed by atoms with E-state index >= 15 is 0 Å². The molecule has 7 nitrogen and oxygen atoms in total. The van der Waals surface area contributed by atoms with E-state index in [4.69, 9.17) is 11.0 Å². The number of fused-ring (bicyclic) bond motifs is 2. The Morgan fingerprint density at radius 2 is 1.45 bits per heavy atom. The molecule has 0 aliphatic heterocycles. The van der Waals surface area contributed by atoms with Gasteiger partial charge in [-0.1, -0.05) is 64.7 Å². The molecule has 5 aromatic rings. The Bertz CT molecular complexity index is 1950. The second kappa shape index (κ2) is 11.6. The molecule has 2 heterocycles. The SMILES string of the molecule is [C-]#[N+]c1cc2c(=O)n(CCCCCCCCCCCC)c(=O)c3cc(C#N)c4c5cc(C#N)ccc5oc1c4c23. The molecule has 0 aliphatic carbocycles. The monoisotopic (exact) mass is 530 g/mol. The summed E-state index contributed by atoms with van der Waals surface area (Å²) < 4.78 is 7.37. The lowest BCUT2D eigenvalue weighted by atomic mass is 9.92. The Hall–Kier alpha value is -4.67. The molecule has 0 saturated heterocycles. The quantitative estimate of drug-likeness (QED) is 0.0743. The van der Waals surface area contributed by atoms with Gasteiger partial charge in [0.2, 0.25) is 5.69 Å². The minimum absolute atomic E-state index is 0.140. The molecule has 2 aromatic heterocycles. The van der Waals surface area contributed by atoms with Crippen LogP contribution >= 0.6 is 0 Å². The molecule has 0 N–H and O–H groups in total. The van der Waals surface area contributed by atoms with E-state index in [1.807, 2.05) is 0 Å². The number of rotatable bonds is 11. The van der Waals surface area contributed by atoms with Crippen LogP contribution in [0.5, 0.6) is 0 Å². The van der Waals surface area contributed by atoms with E-state index < -0.39 is 11.1 Å². The molecular formula is C33H30N4O3. The van der Waals surface area contributed by atoms with Crippen molar-refractivity contribution in [1.29, 1.82) is 10.5 Å². The fourth-order valence-corrected chi connectivity index (χ4v) is 5.82. The van der Waals surface area contributed by atoms with Gasteiger partial charge in [0.15, 0.2) is 0 Å². The Morgan fingerprint density at radius 3 is 2.08 bits per heavy atom. The second-order valence-corrected chi connectivity index (χ2v) is 10.5. The molecule has 0 bridgehead atoms. The highest BCUT2D eigenvalue weighted by atomic mass is 16.3. The summed E-state index contributed by atoms with van der Waals surface area (Å²) in [5, 5.41) is 21.9. The average molecular weight is 531 g/mol. The first kappa shape index (κ1) is 26.9. The van der Waals surface area contributed by atoms with E-state index in [1.54, 1.807) is 18.2 Å². The molecule has 0 amide bonds. The first-order valence-electron chi connectivity index (χ1n) is 14.1. The molecular weight excluding hydrogens is 500 g/mol. The van der Waals surface area contributed by atoms with Crippen LogP contribution in [0, 0.1) is 29.2 Å². The molecule has 0 aliphatic rings. The van der Waals surface area contributed by atoms with Crippen LogP contribution in [-0.4, -0.2) is 4.57 Å². The van der Waals surface area contributed by atoms with Crippen molar-refractivity contribution in [3.8, 4) is 12.1 Å². The third kappa shape index (κ3) is 4.67. The Balaban J connectivity index is 1.57. The van der Waals surface area contributed by atoms with Gasteiger partial charge in [-0.05, 0) is 36.8 Å². The molecule has 3 aromatic carbocycles. The molecule has 0 unspecified atom stereocenters. The van der Waals surface area contributed by atoms with E-state index in [-0.39, 0.29) is 27.6 Å². The zero-order valence-corrected chi connectivity index (χ0v) is 22.7. The lowest BCUT2D eigenvalue weighted by Gasteiger charge is -2.16. The summed E-state index contributed by atoms with van der Waals surface area (Å²) in [5.41, 5.74) is 0.525. The number of hydrogen-bond acceptors (Lipinski definition) is 5. The molecule has 40 heavy (non-hydrogen) atoms. The summed E-state index contributed by atoms with van der Waals surface area (Å²) in [5.74, 6) is 0. The molecule has 0 saturated carbocycles. The van der Waals surface area contributed by atoms with Crippen LogP contribution in [0.25, 0.3) is 48.3 Å². The summed E-state index contributed by atoms with van der Waals surface area (Å²) >= 11 is 0. The van der Waals surface area contributed by atoms with E-state index in [1.165, 1.54) is 55.2 Å². The van der Waals surface area contributed by atoms with Crippen molar-refractivity contribution in [2.45, 2.75) is 77.7 Å². The van der Waals surface area contributed by atoms with Crippen molar-refractivity contribution >= 4 is 49.2 Å². The maximum atomic E-state index is 13.7. The number of hydrogen-bond donors (Lipinski definition) is 0. The van der Waals surface area contributed by atoms with Crippen molar-refractivity contribution in [2.24, 2.45) is 0 Å². The Labute approximate surface area is 232 Å². The molecule has 0 radical (unpaired) electrons. The Kier molecular flexibility index (Phi) is 7.81. The van der Waals surface area contributed by atoms with Gasteiger partial charge in [0, 0.05) is 33.5 Å². The van der Waals surface area contributed by atoms with Crippen molar-refractivity contribution < 1.29 is 4.42 Å². The molecule has 0 fully saturated rings. The molecule has 5 rings (SSSR count). The van der Waals surface area contributed by atoms with Crippen LogP contribution in [0.1, 0.15) is 82.3 Å². The van der Waals surface area contributed by atoms with Crippen molar-refractivity contribution in [1.82, 2.24) is 4.57 Å². The highest BCUT2D eigenvalue weighted by molar-refractivity contribution is 6.30. The number of unbranched alkanes of at least 4 members (excludes halogenated alkanes) is 9. The number of pyridine rings is 1. The van der Waals surface area contributed by atoms with Crippen LogP contribution in [0.15, 0.2) is 44.3 Å². The fourth-order valence-electron chi connectivity index (χ4n) is 5.82. The number of aromatic nitrogens is 1. The number of benzene rings is 3. The topological polar surface area (TPSA) is 104 Å². The average Bonchev–Trinajstić information content (AvgIpc) is 2.98. The predicted octanol–water partition coefficient (Wildman–Crippen LogP) is 8.07. The van der Waals surface area contributed by atoms with Gasteiger partial charge in [0.1, 0.15) is 11.2 Å². The number of nitrogens with zero attached hydrogens (tertiary/aromatic N) is 4. The van der Waals surface area contributed by atoms with Gasteiger partial charge in [0.25, 0.3) is 11.1 Å². The molecule has 200 valence electrons. The minimum Gasteiger partial charge on any atom is -0.467 e. The summed E-state index contributed by atoms with van der Waals surface area (Å²) in [6.45, 7) is 10.3. The van der Waals surface area contributed by atoms with Crippen LogP contribution < -0.4 is 11.1 Å². The molecule has 0 atom stereocenters. The van der Waals surface area contributed by atoms with Crippen molar-refractivity contribution in [3.05, 3.63) is 73.6 Å². The standard InChI is InChI=1S/C33H30N4O3/c1-3-4-5-6-7-8-9-10-11-12-15-37-32(38)24-17-22(20-35)28-23-16-21(19-34)13-14-27(23)40-31-26(36-2)18-25(33(37)39)29(24)30(28)31/h13-14,16-18H,3-12,15H2,1H3. The van der Waals surface area contributed by atoms with Gasteiger partial charge >= 0.3 is 0 Å². The van der Waals surface area contributed by atoms with E-state index in [2.05, 4.69) is 23.9 Å². The van der Waals surface area contributed by atoms with Gasteiger partial charge in [0.05, 0.1) is 35.2 Å². The van der Waals surface area contributed by atoms with Gasteiger partial charge in [-0.2, -0.15) is 10.5 Å². The van der Waals surface area contributed by atoms with Crippen LogP contribution in [0.2, 0.25) is 0 Å². The lowest BCUT2D eigenvalue weighted by Crippen LogP contribution is -2.33. The van der Waals surface area contributed by atoms with Crippen LogP contribution in [0.3, 0.4) is 0 Å². The maximum absolute atomic E-state index is 13.7. The highest BCUT2D eigenvalue weighted by Crippen LogP contribution is 2.43. The summed E-state index contributed by atoms with van der Waals surface area (Å²) in [4.78, 5) is 30.9. The minimum atomic E-state index is -0.436. The molecule has 7 heteroatoms. The van der Waals surface area contributed by atoms with Gasteiger partial charge < -0.3 is 4.42 Å². The fraction of sp³-hybridized carbons (Fsp3) is 0.364. The predicted molar refractivity (Wildman–Crippen MR) is 158 cm³/mol. The lowest BCUT2D eigenvalue weighted by molar-refractivity contribution is 0.527. The third-order valence-electron chi connectivity index (χ3n) is 7.85. The highest BCUT2D eigenvalue weighted by Gasteiger charge is 2.24. The second-order valence-electron chi connectivity index (χ2n) is 10.5. The normalized spacial score (nSPS) is 11.3. The largest absolute Gasteiger partial charge is 0.467 e. The first-order chi connectivity index (χ1) is 19.5. The Morgan fingerprint density at radius 1 is 0.800 bits per heavy atom. The number of nitriles is 2. The van der Waals surface area contributed by atoms with E-state index in [0.29, 0.717) is 45.7 Å². The van der Waals surface area contributed by atoms with E-state index in [0.717, 1.165) is 19.3 Å². The van der Waals surface area contributed by atoms with Gasteiger partial charge in [-0.15, -0.1) is 0 Å². The zero-order chi connectivity index (χ0) is 28.2. The molecule has 0 spiro atoms. The van der Waals surface area contributed by atoms with Crippen molar-refractivity contribution in [2.75, 3.05) is 0 Å². The summed E-state index contributed by atoms with van der Waals surface area (Å²) in [6.07, 6.45) is 11.4. The summed E-state index contributed by atoms with van der Waals surface area (Å²) in [6, 6.07) is 12.2. The smallest absolute Gasteiger partial charge is 0.261 e. The first-order valence-corrected chi connectivity index (χ1v) is 14.1. The maximum Gasteiger partial charge on any atom is 0.261 e. The van der Waals surface area contributed by atoms with Gasteiger partial charge in [-0.25, -0.2) is 4.85 Å². The zero-order valence-electron chi connectivity index (χ0n) is 22.7. The van der Waals surface area contributed by atoms with E-state index in [9.17, 15) is 20.1 Å².